The van der Waals surface area contributed by atoms with Gasteiger partial charge in [-0.2, -0.15) is 0 Å². The molecule has 1 aliphatic rings. The van der Waals surface area contributed by atoms with Gasteiger partial charge in [0.05, 0.1) is 6.61 Å². The Morgan fingerprint density at radius 1 is 1.67 bits per heavy atom. The van der Waals surface area contributed by atoms with Crippen LogP contribution >= 0.6 is 0 Å². The van der Waals surface area contributed by atoms with Gasteiger partial charge in [0.2, 0.25) is 0 Å². The second kappa shape index (κ2) is 4.04. The number of esters is 1. The van der Waals surface area contributed by atoms with E-state index in [4.69, 9.17) is 4.74 Å². The minimum atomic E-state index is -0.546. The highest BCUT2D eigenvalue weighted by atomic mass is 16.5. The highest BCUT2D eigenvalue weighted by Crippen LogP contribution is 2.15. The summed E-state index contributed by atoms with van der Waals surface area (Å²) in [6, 6.07) is 0. The van der Waals surface area contributed by atoms with Gasteiger partial charge in [0.15, 0.2) is 5.78 Å². The average molecular weight is 168 g/mol. The SMILES string of the molecule is CCOC(=O)C1CC=CCC1=O. The molecule has 0 radical (unpaired) electrons. The molecule has 0 bridgehead atoms. The van der Waals surface area contributed by atoms with Gasteiger partial charge in [-0.05, 0) is 13.3 Å². The zero-order valence-corrected chi connectivity index (χ0v) is 7.08. The molecule has 1 atom stereocenters. The summed E-state index contributed by atoms with van der Waals surface area (Å²) in [6.07, 6.45) is 4.50. The van der Waals surface area contributed by atoms with Gasteiger partial charge in [-0.3, -0.25) is 9.59 Å². The Balaban J connectivity index is 2.55. The zero-order valence-electron chi connectivity index (χ0n) is 7.08. The molecule has 0 spiro atoms. The standard InChI is InChI=1S/C9H12O3/c1-2-12-9(11)7-5-3-4-6-8(7)10/h3-4,7H,2,5-6H2,1H3. The summed E-state index contributed by atoms with van der Waals surface area (Å²) in [4.78, 5) is 22.3. The number of ketones is 1. The normalized spacial score (nSPS) is 22.4. The average Bonchev–Trinajstić information content (AvgIpc) is 2.05. The summed E-state index contributed by atoms with van der Waals surface area (Å²) in [7, 11) is 0. The molecule has 1 rings (SSSR count). The van der Waals surface area contributed by atoms with Crippen molar-refractivity contribution in [2.24, 2.45) is 5.92 Å². The topological polar surface area (TPSA) is 43.4 Å². The van der Waals surface area contributed by atoms with Crippen LogP contribution in [-0.2, 0) is 14.3 Å². The molecular formula is C9H12O3. The van der Waals surface area contributed by atoms with Crippen molar-refractivity contribution in [3.63, 3.8) is 0 Å². The first-order valence-electron chi connectivity index (χ1n) is 4.10. The van der Waals surface area contributed by atoms with Crippen LogP contribution in [0.5, 0.6) is 0 Å². The molecule has 3 heteroatoms. The van der Waals surface area contributed by atoms with E-state index >= 15 is 0 Å². The first kappa shape index (κ1) is 8.97. The molecule has 3 nitrogen and oxygen atoms in total. The molecule has 0 amide bonds. The molecule has 0 N–H and O–H groups in total. The lowest BCUT2D eigenvalue weighted by atomic mass is 9.93. The molecule has 0 heterocycles. The fourth-order valence-corrected chi connectivity index (χ4v) is 1.18. The van der Waals surface area contributed by atoms with Crippen molar-refractivity contribution in [3.8, 4) is 0 Å². The number of ether oxygens (including phenoxy) is 1. The Bertz CT molecular complexity index is 218. The number of Topliss-reactive ketones (excluding diaryl/α,β-unsaturated/α-hetero) is 1. The smallest absolute Gasteiger partial charge is 0.316 e. The third-order valence-electron chi connectivity index (χ3n) is 1.82. The fraction of sp³-hybridized carbons (Fsp3) is 0.556. The van der Waals surface area contributed by atoms with Crippen molar-refractivity contribution < 1.29 is 14.3 Å². The van der Waals surface area contributed by atoms with Crippen LogP contribution in [0.1, 0.15) is 19.8 Å². The summed E-state index contributed by atoms with van der Waals surface area (Å²) in [6.45, 7) is 2.08. The molecule has 0 saturated heterocycles. The Morgan fingerprint density at radius 2 is 2.42 bits per heavy atom. The van der Waals surface area contributed by atoms with Gasteiger partial charge in [-0.15, -0.1) is 0 Å². The predicted molar refractivity (Wildman–Crippen MR) is 43.5 cm³/mol. The van der Waals surface area contributed by atoms with E-state index in [1.54, 1.807) is 13.0 Å². The van der Waals surface area contributed by atoms with Gasteiger partial charge >= 0.3 is 5.97 Å². The van der Waals surface area contributed by atoms with Crippen molar-refractivity contribution in [2.45, 2.75) is 19.8 Å². The Kier molecular flexibility index (Phi) is 3.02. The van der Waals surface area contributed by atoms with Crippen LogP contribution in [0.15, 0.2) is 12.2 Å². The van der Waals surface area contributed by atoms with Gasteiger partial charge < -0.3 is 4.74 Å². The maximum atomic E-state index is 11.2. The van der Waals surface area contributed by atoms with Crippen LogP contribution in [0.2, 0.25) is 0 Å². The largest absolute Gasteiger partial charge is 0.465 e. The number of allylic oxidation sites excluding steroid dienone is 2. The van der Waals surface area contributed by atoms with Crippen molar-refractivity contribution >= 4 is 11.8 Å². The maximum Gasteiger partial charge on any atom is 0.316 e. The monoisotopic (exact) mass is 168 g/mol. The molecule has 0 aromatic rings. The van der Waals surface area contributed by atoms with Gasteiger partial charge in [-0.25, -0.2) is 0 Å². The van der Waals surface area contributed by atoms with Gasteiger partial charge in [0.25, 0.3) is 0 Å². The van der Waals surface area contributed by atoms with Crippen LogP contribution in [0.4, 0.5) is 0 Å². The van der Waals surface area contributed by atoms with Gasteiger partial charge in [0.1, 0.15) is 5.92 Å². The molecule has 1 unspecified atom stereocenters. The molecule has 1 aliphatic carbocycles. The Labute approximate surface area is 71.4 Å². The molecule has 0 saturated carbocycles. The molecule has 0 fully saturated rings. The van der Waals surface area contributed by atoms with Crippen LogP contribution in [0.3, 0.4) is 0 Å². The van der Waals surface area contributed by atoms with Gasteiger partial charge in [-0.1, -0.05) is 12.2 Å². The quantitative estimate of drug-likeness (QED) is 0.352. The molecular weight excluding hydrogens is 156 g/mol. The summed E-state index contributed by atoms with van der Waals surface area (Å²) in [5, 5.41) is 0. The molecule has 66 valence electrons. The first-order valence-corrected chi connectivity index (χ1v) is 4.10. The lowest BCUT2D eigenvalue weighted by molar-refractivity contribution is -0.151. The third kappa shape index (κ3) is 1.94. The minimum absolute atomic E-state index is 0.0315. The van der Waals surface area contributed by atoms with E-state index in [0.29, 0.717) is 19.4 Å². The molecule has 0 aromatic carbocycles. The summed E-state index contributed by atoms with van der Waals surface area (Å²) >= 11 is 0. The minimum Gasteiger partial charge on any atom is -0.465 e. The van der Waals surface area contributed by atoms with Crippen LogP contribution < -0.4 is 0 Å². The van der Waals surface area contributed by atoms with E-state index in [1.807, 2.05) is 6.08 Å². The van der Waals surface area contributed by atoms with E-state index in [2.05, 4.69) is 0 Å². The van der Waals surface area contributed by atoms with E-state index in [9.17, 15) is 9.59 Å². The van der Waals surface area contributed by atoms with Gasteiger partial charge in [0, 0.05) is 6.42 Å². The number of carbonyl (C=O) groups excluding carboxylic acids is 2. The van der Waals surface area contributed by atoms with Crippen molar-refractivity contribution in [1.82, 2.24) is 0 Å². The zero-order chi connectivity index (χ0) is 8.97. The molecule has 0 aromatic heterocycles. The first-order chi connectivity index (χ1) is 5.75. The van der Waals surface area contributed by atoms with Crippen molar-refractivity contribution in [3.05, 3.63) is 12.2 Å². The summed E-state index contributed by atoms with van der Waals surface area (Å²) < 4.78 is 4.76. The summed E-state index contributed by atoms with van der Waals surface area (Å²) in [5.74, 6) is -0.960. The fourth-order valence-electron chi connectivity index (χ4n) is 1.18. The maximum absolute atomic E-state index is 11.2. The highest BCUT2D eigenvalue weighted by molar-refractivity contribution is 6.00. The third-order valence-corrected chi connectivity index (χ3v) is 1.82. The Morgan fingerprint density at radius 3 is 3.00 bits per heavy atom. The lowest BCUT2D eigenvalue weighted by Gasteiger charge is -2.14. The Hall–Kier alpha value is -1.12. The second-order valence-corrected chi connectivity index (χ2v) is 2.68. The number of hydrogen-bond donors (Lipinski definition) is 0. The predicted octanol–water partition coefficient (Wildman–Crippen LogP) is 1.08. The highest BCUT2D eigenvalue weighted by Gasteiger charge is 2.27. The molecule has 12 heavy (non-hydrogen) atoms. The van der Waals surface area contributed by atoms with Crippen molar-refractivity contribution in [2.75, 3.05) is 6.61 Å². The summed E-state index contributed by atoms with van der Waals surface area (Å²) in [5.41, 5.74) is 0. The van der Waals surface area contributed by atoms with Crippen LogP contribution in [0.25, 0.3) is 0 Å². The van der Waals surface area contributed by atoms with E-state index < -0.39 is 5.92 Å². The number of hydrogen-bond acceptors (Lipinski definition) is 3. The van der Waals surface area contributed by atoms with Crippen LogP contribution in [0, 0.1) is 5.92 Å². The van der Waals surface area contributed by atoms with Crippen LogP contribution in [-0.4, -0.2) is 18.4 Å². The lowest BCUT2D eigenvalue weighted by Crippen LogP contribution is -2.27. The van der Waals surface area contributed by atoms with Crippen molar-refractivity contribution in [1.29, 1.82) is 0 Å². The van der Waals surface area contributed by atoms with E-state index in [0.717, 1.165) is 0 Å². The number of carbonyl (C=O) groups is 2. The van der Waals surface area contributed by atoms with E-state index in [1.165, 1.54) is 0 Å². The molecule has 0 aliphatic heterocycles. The second-order valence-electron chi connectivity index (χ2n) is 2.68. The van der Waals surface area contributed by atoms with E-state index in [-0.39, 0.29) is 11.8 Å². The number of rotatable bonds is 2.